The first-order valence-electron chi connectivity index (χ1n) is 5.39. The maximum Gasteiger partial charge on any atom is 0.159 e. The Morgan fingerprint density at radius 1 is 0.944 bits per heavy atom. The monoisotopic (exact) mass is 247 g/mol. The summed E-state index contributed by atoms with van der Waals surface area (Å²) in [5.74, 6) is -1.05. The quantitative estimate of drug-likeness (QED) is 0.833. The van der Waals surface area contributed by atoms with E-state index in [9.17, 15) is 13.6 Å². The molecule has 92 valence electrons. The highest BCUT2D eigenvalue weighted by Gasteiger charge is 2.05. The van der Waals surface area contributed by atoms with Crippen LogP contribution in [0.15, 0.2) is 42.5 Å². The molecule has 0 amide bonds. The van der Waals surface area contributed by atoms with Crippen molar-refractivity contribution in [3.63, 3.8) is 0 Å². The predicted molar refractivity (Wildman–Crippen MR) is 66.1 cm³/mol. The zero-order valence-electron chi connectivity index (χ0n) is 9.71. The molecule has 18 heavy (non-hydrogen) atoms. The number of Topliss-reactive ketones (excluding diaryl/α,β-unsaturated/α-hetero) is 1. The summed E-state index contributed by atoms with van der Waals surface area (Å²) in [5.41, 5.74) is 1.36. The number of hydrogen-bond acceptors (Lipinski definition) is 2. The first kappa shape index (κ1) is 12.2. The van der Waals surface area contributed by atoms with Crippen LogP contribution in [0, 0.1) is 11.6 Å². The maximum atomic E-state index is 13.3. The van der Waals surface area contributed by atoms with Crippen LogP contribution in [0.4, 0.5) is 20.2 Å². The fraction of sp³-hybridized carbons (Fsp3) is 0.0714. The van der Waals surface area contributed by atoms with Gasteiger partial charge < -0.3 is 5.32 Å². The second kappa shape index (κ2) is 4.96. The summed E-state index contributed by atoms with van der Waals surface area (Å²) in [6.07, 6.45) is 0. The molecule has 0 bridgehead atoms. The van der Waals surface area contributed by atoms with E-state index in [-0.39, 0.29) is 11.6 Å². The second-order valence-electron chi connectivity index (χ2n) is 3.92. The largest absolute Gasteiger partial charge is 0.355 e. The number of halogens is 2. The predicted octanol–water partition coefficient (Wildman–Crippen LogP) is 3.91. The third kappa shape index (κ3) is 2.91. The summed E-state index contributed by atoms with van der Waals surface area (Å²) in [5, 5.41) is 2.91. The molecular weight excluding hydrogens is 236 g/mol. The van der Waals surface area contributed by atoms with Crippen LogP contribution in [-0.2, 0) is 0 Å². The Labute approximate surface area is 103 Å². The highest BCUT2D eigenvalue weighted by Crippen LogP contribution is 2.20. The third-order valence-corrected chi connectivity index (χ3v) is 2.44. The Balaban J connectivity index is 2.28. The number of carbonyl (C=O) groups excluding carboxylic acids is 1. The van der Waals surface area contributed by atoms with Crippen LogP contribution in [0.2, 0.25) is 0 Å². The SMILES string of the molecule is CC(=O)c1cc(F)cc(Nc2ccc(F)cc2)c1. The molecule has 0 aliphatic carbocycles. The summed E-state index contributed by atoms with van der Waals surface area (Å²) in [6.45, 7) is 1.37. The van der Waals surface area contributed by atoms with Gasteiger partial charge in [-0.2, -0.15) is 0 Å². The topological polar surface area (TPSA) is 29.1 Å². The van der Waals surface area contributed by atoms with Crippen molar-refractivity contribution < 1.29 is 13.6 Å². The molecule has 0 aliphatic rings. The average molecular weight is 247 g/mol. The third-order valence-electron chi connectivity index (χ3n) is 2.44. The Kier molecular flexibility index (Phi) is 3.37. The van der Waals surface area contributed by atoms with E-state index in [4.69, 9.17) is 0 Å². The fourth-order valence-corrected chi connectivity index (χ4v) is 1.56. The van der Waals surface area contributed by atoms with Gasteiger partial charge in [0.05, 0.1) is 0 Å². The molecule has 0 heterocycles. The van der Waals surface area contributed by atoms with E-state index in [2.05, 4.69) is 5.32 Å². The molecule has 0 aliphatic heterocycles. The molecule has 0 fully saturated rings. The molecule has 0 aromatic heterocycles. The van der Waals surface area contributed by atoms with E-state index in [0.29, 0.717) is 16.9 Å². The molecule has 0 unspecified atom stereocenters. The van der Waals surface area contributed by atoms with E-state index < -0.39 is 5.82 Å². The Morgan fingerprint density at radius 2 is 1.61 bits per heavy atom. The van der Waals surface area contributed by atoms with E-state index in [1.807, 2.05) is 0 Å². The summed E-state index contributed by atoms with van der Waals surface area (Å²) in [7, 11) is 0. The minimum Gasteiger partial charge on any atom is -0.355 e. The van der Waals surface area contributed by atoms with Gasteiger partial charge in [0.25, 0.3) is 0 Å². The number of anilines is 2. The van der Waals surface area contributed by atoms with Gasteiger partial charge in [-0.05, 0) is 49.4 Å². The van der Waals surface area contributed by atoms with E-state index >= 15 is 0 Å². The Hall–Kier alpha value is -2.23. The van der Waals surface area contributed by atoms with Gasteiger partial charge in [0.1, 0.15) is 11.6 Å². The molecule has 2 nitrogen and oxygen atoms in total. The highest BCUT2D eigenvalue weighted by atomic mass is 19.1. The smallest absolute Gasteiger partial charge is 0.159 e. The summed E-state index contributed by atoms with van der Waals surface area (Å²) < 4.78 is 26.0. The van der Waals surface area contributed by atoms with Gasteiger partial charge in [0.15, 0.2) is 5.78 Å². The second-order valence-corrected chi connectivity index (χ2v) is 3.92. The number of ketones is 1. The van der Waals surface area contributed by atoms with Crippen molar-refractivity contribution in [2.75, 3.05) is 5.32 Å². The lowest BCUT2D eigenvalue weighted by Crippen LogP contribution is -1.97. The Bertz CT molecular complexity index is 579. The zero-order valence-corrected chi connectivity index (χ0v) is 9.71. The van der Waals surface area contributed by atoms with Crippen LogP contribution >= 0.6 is 0 Å². The van der Waals surface area contributed by atoms with Crippen molar-refractivity contribution in [1.82, 2.24) is 0 Å². The standard InChI is InChI=1S/C14H11F2NO/c1-9(18)10-6-12(16)8-14(7-10)17-13-4-2-11(15)3-5-13/h2-8,17H,1H3. The normalized spacial score (nSPS) is 10.2. The molecule has 2 aromatic rings. The number of rotatable bonds is 3. The molecule has 2 rings (SSSR count). The molecule has 0 saturated carbocycles. The van der Waals surface area contributed by atoms with Crippen molar-refractivity contribution in [3.8, 4) is 0 Å². The van der Waals surface area contributed by atoms with Gasteiger partial charge in [0.2, 0.25) is 0 Å². The van der Waals surface area contributed by atoms with Crippen molar-refractivity contribution in [2.24, 2.45) is 0 Å². The van der Waals surface area contributed by atoms with Crippen molar-refractivity contribution in [1.29, 1.82) is 0 Å². The van der Waals surface area contributed by atoms with E-state index in [1.54, 1.807) is 6.07 Å². The lowest BCUT2D eigenvalue weighted by molar-refractivity contribution is 0.101. The summed E-state index contributed by atoms with van der Waals surface area (Å²) in [6, 6.07) is 9.67. The van der Waals surface area contributed by atoms with Gasteiger partial charge in [-0.1, -0.05) is 0 Å². The average Bonchev–Trinajstić information content (AvgIpc) is 2.31. The summed E-state index contributed by atoms with van der Waals surface area (Å²) >= 11 is 0. The van der Waals surface area contributed by atoms with Gasteiger partial charge in [0, 0.05) is 16.9 Å². The van der Waals surface area contributed by atoms with Crippen molar-refractivity contribution in [3.05, 3.63) is 59.7 Å². The van der Waals surface area contributed by atoms with E-state index in [1.165, 1.54) is 43.3 Å². The van der Waals surface area contributed by atoms with Gasteiger partial charge >= 0.3 is 0 Å². The number of nitrogens with one attached hydrogen (secondary N) is 1. The molecular formula is C14H11F2NO. The zero-order chi connectivity index (χ0) is 13.1. The molecule has 0 atom stereocenters. The van der Waals surface area contributed by atoms with Gasteiger partial charge in [-0.15, -0.1) is 0 Å². The fourth-order valence-electron chi connectivity index (χ4n) is 1.56. The summed E-state index contributed by atoms with van der Waals surface area (Å²) in [4.78, 5) is 11.2. The van der Waals surface area contributed by atoms with Crippen LogP contribution < -0.4 is 5.32 Å². The lowest BCUT2D eigenvalue weighted by Gasteiger charge is -2.08. The van der Waals surface area contributed by atoms with E-state index in [0.717, 1.165) is 0 Å². The molecule has 0 saturated heterocycles. The van der Waals surface area contributed by atoms with Crippen LogP contribution in [0.25, 0.3) is 0 Å². The highest BCUT2D eigenvalue weighted by molar-refractivity contribution is 5.95. The lowest BCUT2D eigenvalue weighted by atomic mass is 10.1. The van der Waals surface area contributed by atoms with Crippen molar-refractivity contribution >= 4 is 17.2 Å². The minimum absolute atomic E-state index is 0.211. The number of carbonyl (C=O) groups is 1. The Morgan fingerprint density at radius 3 is 2.22 bits per heavy atom. The molecule has 1 N–H and O–H groups in total. The molecule has 4 heteroatoms. The number of benzene rings is 2. The van der Waals surface area contributed by atoms with Gasteiger partial charge in [-0.3, -0.25) is 4.79 Å². The van der Waals surface area contributed by atoms with Crippen LogP contribution in [0.5, 0.6) is 0 Å². The first-order valence-corrected chi connectivity index (χ1v) is 5.39. The minimum atomic E-state index is -0.493. The van der Waals surface area contributed by atoms with Crippen LogP contribution in [0.1, 0.15) is 17.3 Å². The molecule has 0 radical (unpaired) electrons. The maximum absolute atomic E-state index is 13.3. The van der Waals surface area contributed by atoms with Gasteiger partial charge in [-0.25, -0.2) is 8.78 Å². The van der Waals surface area contributed by atoms with Crippen molar-refractivity contribution in [2.45, 2.75) is 6.92 Å². The molecule has 2 aromatic carbocycles. The number of hydrogen-bond donors (Lipinski definition) is 1. The van der Waals surface area contributed by atoms with Crippen LogP contribution in [0.3, 0.4) is 0 Å². The first-order chi connectivity index (χ1) is 8.54. The van der Waals surface area contributed by atoms with Crippen LogP contribution in [-0.4, -0.2) is 5.78 Å². The molecule has 0 spiro atoms.